The van der Waals surface area contributed by atoms with Crippen LogP contribution in [0.4, 0.5) is 17.8 Å². The van der Waals surface area contributed by atoms with Gasteiger partial charge in [0.15, 0.2) is 0 Å². The van der Waals surface area contributed by atoms with Crippen LogP contribution in [-0.2, 0) is 9.68 Å². The van der Waals surface area contributed by atoms with E-state index >= 15 is 0 Å². The zero-order chi connectivity index (χ0) is 38.0. The Morgan fingerprint density at radius 3 is 1.51 bits per heavy atom. The first-order valence-corrected chi connectivity index (χ1v) is 21.4. The molecule has 4 aliphatic rings. The second kappa shape index (κ2) is 19.3. The Morgan fingerprint density at radius 1 is 0.698 bits per heavy atom. The lowest BCUT2D eigenvalue weighted by atomic mass is 9.86. The summed E-state index contributed by atoms with van der Waals surface area (Å²) in [5, 5.41) is 17.3. The molecule has 300 valence electrons. The van der Waals surface area contributed by atoms with Crippen LogP contribution < -0.4 is 15.1 Å². The normalized spacial score (nSPS) is 24.1. The van der Waals surface area contributed by atoms with E-state index in [1.165, 1.54) is 38.5 Å². The van der Waals surface area contributed by atoms with Gasteiger partial charge in [0.2, 0.25) is 17.8 Å². The molecule has 5 rings (SSSR count). The molecule has 2 atom stereocenters. The Kier molecular flexibility index (Phi) is 15.1. The number of nitrogens with zero attached hydrogens (tertiary/aromatic N) is 7. The van der Waals surface area contributed by atoms with Crippen molar-refractivity contribution in [1.29, 1.82) is 0 Å². The Labute approximate surface area is 321 Å². The van der Waals surface area contributed by atoms with Crippen LogP contribution in [-0.4, -0.2) is 91.8 Å². The fourth-order valence-electron chi connectivity index (χ4n) is 9.06. The molecule has 1 aromatic rings. The van der Waals surface area contributed by atoms with Crippen molar-refractivity contribution < 1.29 is 14.8 Å². The van der Waals surface area contributed by atoms with E-state index in [0.29, 0.717) is 30.8 Å². The number of hydroxylamine groups is 4. The SMILES string of the molecule is C=C1CC(N(CCCC)c2nc(NCCCO)nc(N(CCCC)C3CC(=C)N(OC4CCCCC4)C(C)(C)C3)n2)CC(C)(C)N1OC1CCCCC1. The maximum atomic E-state index is 9.61. The number of aliphatic hydroxyl groups is 1. The highest BCUT2D eigenvalue weighted by Crippen LogP contribution is 2.41. The summed E-state index contributed by atoms with van der Waals surface area (Å²) >= 11 is 0. The van der Waals surface area contributed by atoms with E-state index in [0.717, 1.165) is 102 Å². The molecule has 3 heterocycles. The van der Waals surface area contributed by atoms with Gasteiger partial charge >= 0.3 is 0 Å². The van der Waals surface area contributed by atoms with Crippen molar-refractivity contribution in [2.75, 3.05) is 41.4 Å². The summed E-state index contributed by atoms with van der Waals surface area (Å²) in [5.41, 5.74) is 1.60. The van der Waals surface area contributed by atoms with E-state index in [-0.39, 0.29) is 42.0 Å². The van der Waals surface area contributed by atoms with Gasteiger partial charge in [-0.2, -0.15) is 15.0 Å². The summed E-state index contributed by atoms with van der Waals surface area (Å²) in [6.07, 6.45) is 20.8. The summed E-state index contributed by atoms with van der Waals surface area (Å²) in [4.78, 5) is 33.9. The molecule has 53 heavy (non-hydrogen) atoms. The van der Waals surface area contributed by atoms with E-state index in [2.05, 4.69) is 79.9 Å². The predicted molar refractivity (Wildman–Crippen MR) is 217 cm³/mol. The van der Waals surface area contributed by atoms with Crippen molar-refractivity contribution in [2.24, 2.45) is 0 Å². The Morgan fingerprint density at radius 2 is 1.13 bits per heavy atom. The van der Waals surface area contributed by atoms with Crippen molar-refractivity contribution in [2.45, 2.75) is 199 Å². The second-order valence-corrected chi connectivity index (χ2v) is 17.6. The quantitative estimate of drug-likeness (QED) is 0.141. The van der Waals surface area contributed by atoms with Crippen LogP contribution >= 0.6 is 0 Å². The average molecular weight is 739 g/mol. The van der Waals surface area contributed by atoms with Crippen molar-refractivity contribution in [3.63, 3.8) is 0 Å². The lowest BCUT2D eigenvalue weighted by Crippen LogP contribution is -2.56. The predicted octanol–water partition coefficient (Wildman–Crippen LogP) is 8.92. The molecular weight excluding hydrogens is 665 g/mol. The van der Waals surface area contributed by atoms with Crippen LogP contribution in [0, 0.1) is 0 Å². The lowest BCUT2D eigenvalue weighted by Gasteiger charge is -2.51. The molecule has 0 amide bonds. The first-order valence-electron chi connectivity index (χ1n) is 21.4. The minimum Gasteiger partial charge on any atom is -0.396 e. The number of aromatic nitrogens is 3. The summed E-state index contributed by atoms with van der Waals surface area (Å²) < 4.78 is 0. The third-order valence-electron chi connectivity index (χ3n) is 11.8. The Hall–Kier alpha value is -2.63. The fraction of sp³-hybridized carbons (Fsp3) is 0.833. The van der Waals surface area contributed by atoms with Gasteiger partial charge in [-0.25, -0.2) is 0 Å². The molecular formula is C42H74N8O3. The molecule has 0 bridgehead atoms. The highest BCUT2D eigenvalue weighted by atomic mass is 16.7. The highest BCUT2D eigenvalue weighted by Gasteiger charge is 2.44. The van der Waals surface area contributed by atoms with Crippen molar-refractivity contribution in [1.82, 2.24) is 25.1 Å². The number of hydrogen-bond donors (Lipinski definition) is 2. The molecule has 1 aromatic heterocycles. The monoisotopic (exact) mass is 739 g/mol. The topological polar surface area (TPSA) is 102 Å². The van der Waals surface area contributed by atoms with E-state index in [1.54, 1.807) is 0 Å². The van der Waals surface area contributed by atoms with Gasteiger partial charge in [0.25, 0.3) is 0 Å². The molecule has 2 saturated heterocycles. The minimum absolute atomic E-state index is 0.112. The third-order valence-corrected chi connectivity index (χ3v) is 11.8. The maximum absolute atomic E-state index is 9.61. The molecule has 0 spiro atoms. The van der Waals surface area contributed by atoms with E-state index < -0.39 is 0 Å². The number of unbranched alkanes of at least 4 members (excludes halogenated alkanes) is 2. The van der Waals surface area contributed by atoms with Crippen LogP contribution in [0.5, 0.6) is 0 Å². The van der Waals surface area contributed by atoms with Crippen LogP contribution in [0.25, 0.3) is 0 Å². The van der Waals surface area contributed by atoms with Crippen molar-refractivity contribution in [3.8, 4) is 0 Å². The van der Waals surface area contributed by atoms with E-state index in [9.17, 15) is 5.11 Å². The van der Waals surface area contributed by atoms with Crippen LogP contribution in [0.15, 0.2) is 24.6 Å². The first kappa shape index (κ1) is 41.5. The molecule has 2 aliphatic carbocycles. The number of nitrogens with one attached hydrogen (secondary N) is 1. The summed E-state index contributed by atoms with van der Waals surface area (Å²) in [6.45, 7) is 25.2. The zero-order valence-electron chi connectivity index (χ0n) is 34.4. The molecule has 2 saturated carbocycles. The molecule has 11 nitrogen and oxygen atoms in total. The van der Waals surface area contributed by atoms with Crippen LogP contribution in [0.2, 0.25) is 0 Å². The number of piperidine rings is 2. The smallest absolute Gasteiger partial charge is 0.232 e. The van der Waals surface area contributed by atoms with Crippen molar-refractivity contribution in [3.05, 3.63) is 24.6 Å². The standard InChI is InChI=1S/C42H74N8O3/c1-9-11-25-47(34-28-32(3)49(41(5,6)30-34)52-36-20-15-13-16-21-36)39-44-38(43-24-19-27-51)45-40(46-39)48(26-12-10-2)35-29-33(4)50(42(7,8)31-35)53-37-22-17-14-18-23-37/h34-37,51H,3-4,9-31H2,1-2,5-8H3,(H,43,44,45,46). The number of hydrogen-bond acceptors (Lipinski definition) is 11. The number of aliphatic hydroxyl groups excluding tert-OH is 1. The van der Waals surface area contributed by atoms with E-state index in [4.69, 9.17) is 24.6 Å². The molecule has 11 heteroatoms. The highest BCUT2D eigenvalue weighted by molar-refractivity contribution is 5.47. The summed E-state index contributed by atoms with van der Waals surface area (Å²) in [7, 11) is 0. The Balaban J connectivity index is 1.45. The third kappa shape index (κ3) is 11.0. The first-order chi connectivity index (χ1) is 25.5. The van der Waals surface area contributed by atoms with Gasteiger partial charge < -0.3 is 20.2 Å². The van der Waals surface area contributed by atoms with Crippen LogP contribution in [0.1, 0.15) is 164 Å². The van der Waals surface area contributed by atoms with Gasteiger partial charge in [0.05, 0.1) is 23.3 Å². The largest absolute Gasteiger partial charge is 0.396 e. The zero-order valence-corrected chi connectivity index (χ0v) is 34.4. The van der Waals surface area contributed by atoms with Gasteiger partial charge in [-0.15, -0.1) is 0 Å². The van der Waals surface area contributed by atoms with Crippen molar-refractivity contribution >= 4 is 17.8 Å². The molecule has 2 aliphatic heterocycles. The molecule has 2 unspecified atom stereocenters. The van der Waals surface area contributed by atoms with E-state index in [1.807, 2.05) is 0 Å². The number of anilines is 3. The van der Waals surface area contributed by atoms with Crippen LogP contribution in [0.3, 0.4) is 0 Å². The summed E-state index contributed by atoms with van der Waals surface area (Å²) in [5.74, 6) is 1.99. The van der Waals surface area contributed by atoms with Gasteiger partial charge in [-0.3, -0.25) is 19.8 Å². The summed E-state index contributed by atoms with van der Waals surface area (Å²) in [6, 6.07) is 0.331. The molecule has 0 aromatic carbocycles. The average Bonchev–Trinajstić information content (AvgIpc) is 3.12. The molecule has 2 N–H and O–H groups in total. The maximum Gasteiger partial charge on any atom is 0.232 e. The van der Waals surface area contributed by atoms with Gasteiger partial charge in [-0.1, -0.05) is 78.4 Å². The Bertz CT molecular complexity index is 1220. The molecule has 4 fully saturated rings. The second-order valence-electron chi connectivity index (χ2n) is 17.6. The minimum atomic E-state index is -0.229. The molecule has 0 radical (unpaired) electrons. The fourth-order valence-corrected chi connectivity index (χ4v) is 9.06. The van der Waals surface area contributed by atoms with Gasteiger partial charge in [0.1, 0.15) is 0 Å². The lowest BCUT2D eigenvalue weighted by molar-refractivity contribution is -0.239. The number of rotatable bonds is 18. The van der Waals surface area contributed by atoms with Gasteiger partial charge in [0, 0.05) is 62.6 Å². The van der Waals surface area contributed by atoms with Gasteiger partial charge in [-0.05, 0) is 85.5 Å².